The summed E-state index contributed by atoms with van der Waals surface area (Å²) in [5.41, 5.74) is 0. The number of carboxylic acids is 1. The van der Waals surface area contributed by atoms with Crippen molar-refractivity contribution in [2.24, 2.45) is 0 Å². The number of furan rings is 1. The number of hydrogen-bond acceptors (Lipinski definition) is 4. The maximum absolute atomic E-state index is 10.4. The number of nitrogens with one attached hydrogen (secondary N) is 1. The van der Waals surface area contributed by atoms with E-state index in [-0.39, 0.29) is 5.76 Å². The Bertz CT molecular complexity index is 319. The Balaban J connectivity index is 1.92. The zero-order chi connectivity index (χ0) is 9.26. The molecule has 1 heterocycles. The number of rotatable bonds is 4. The van der Waals surface area contributed by atoms with Gasteiger partial charge in [-0.3, -0.25) is 4.72 Å². The lowest BCUT2D eigenvalue weighted by atomic mass is 10.5. The highest BCUT2D eigenvalue weighted by Crippen LogP contribution is 2.26. The molecule has 70 valence electrons. The molecule has 0 amide bonds. The van der Waals surface area contributed by atoms with E-state index in [0.717, 1.165) is 0 Å². The van der Waals surface area contributed by atoms with Crippen LogP contribution in [0.2, 0.25) is 0 Å². The van der Waals surface area contributed by atoms with Gasteiger partial charge < -0.3 is 9.52 Å². The topological polar surface area (TPSA) is 62.5 Å². The van der Waals surface area contributed by atoms with Gasteiger partial charge in [0.15, 0.2) is 5.09 Å². The maximum atomic E-state index is 10.4. The van der Waals surface area contributed by atoms with Crippen LogP contribution in [0.25, 0.3) is 0 Å². The zero-order valence-electron chi connectivity index (χ0n) is 6.82. The average molecular weight is 199 g/mol. The first-order valence-corrected chi connectivity index (χ1v) is 4.83. The van der Waals surface area contributed by atoms with Gasteiger partial charge in [-0.2, -0.15) is 0 Å². The number of carbonyl (C=O) groups is 1. The predicted molar refractivity (Wildman–Crippen MR) is 47.7 cm³/mol. The van der Waals surface area contributed by atoms with Crippen molar-refractivity contribution in [1.82, 2.24) is 4.72 Å². The molecule has 1 saturated carbocycles. The SMILES string of the molecule is O=C(O)c1ccc(SNC2CC2)o1. The van der Waals surface area contributed by atoms with Gasteiger partial charge in [0.1, 0.15) is 0 Å². The summed E-state index contributed by atoms with van der Waals surface area (Å²) >= 11 is 1.35. The lowest BCUT2D eigenvalue weighted by Crippen LogP contribution is -2.04. The maximum Gasteiger partial charge on any atom is 0.371 e. The molecule has 2 N–H and O–H groups in total. The average Bonchev–Trinajstić information content (AvgIpc) is 2.79. The Morgan fingerprint density at radius 2 is 2.38 bits per heavy atom. The highest BCUT2D eigenvalue weighted by Gasteiger charge is 2.21. The summed E-state index contributed by atoms with van der Waals surface area (Å²) in [5.74, 6) is -1.04. The summed E-state index contributed by atoms with van der Waals surface area (Å²) in [6.45, 7) is 0. The van der Waals surface area contributed by atoms with Crippen LogP contribution in [0.15, 0.2) is 21.6 Å². The van der Waals surface area contributed by atoms with Crippen LogP contribution in [0.5, 0.6) is 0 Å². The molecular weight excluding hydrogens is 190 g/mol. The summed E-state index contributed by atoms with van der Waals surface area (Å²) in [4.78, 5) is 10.4. The van der Waals surface area contributed by atoms with E-state index in [9.17, 15) is 4.79 Å². The molecule has 4 nitrogen and oxygen atoms in total. The van der Waals surface area contributed by atoms with E-state index in [1.165, 1.54) is 30.9 Å². The van der Waals surface area contributed by atoms with Crippen LogP contribution in [0.1, 0.15) is 23.4 Å². The summed E-state index contributed by atoms with van der Waals surface area (Å²) in [6.07, 6.45) is 2.39. The Kier molecular flexibility index (Phi) is 2.28. The Hall–Kier alpha value is -0.940. The zero-order valence-corrected chi connectivity index (χ0v) is 7.63. The molecule has 0 bridgehead atoms. The number of hydrogen-bond donors (Lipinski definition) is 2. The molecule has 1 aromatic heterocycles. The van der Waals surface area contributed by atoms with E-state index in [0.29, 0.717) is 11.1 Å². The summed E-state index contributed by atoms with van der Waals surface area (Å²) in [6, 6.07) is 3.69. The fourth-order valence-electron chi connectivity index (χ4n) is 0.833. The molecule has 13 heavy (non-hydrogen) atoms. The fraction of sp³-hybridized carbons (Fsp3) is 0.375. The fourth-order valence-corrected chi connectivity index (χ4v) is 1.62. The van der Waals surface area contributed by atoms with Gasteiger partial charge in [-0.15, -0.1) is 0 Å². The third-order valence-electron chi connectivity index (χ3n) is 1.70. The quantitative estimate of drug-likeness (QED) is 0.723. The second-order valence-corrected chi connectivity index (χ2v) is 3.76. The molecule has 2 rings (SSSR count). The highest BCUT2D eigenvalue weighted by molar-refractivity contribution is 7.97. The molecule has 5 heteroatoms. The van der Waals surface area contributed by atoms with E-state index in [1.54, 1.807) is 6.07 Å². The molecule has 0 aliphatic heterocycles. The van der Waals surface area contributed by atoms with E-state index < -0.39 is 5.97 Å². The van der Waals surface area contributed by atoms with Crippen molar-refractivity contribution >= 4 is 17.9 Å². The largest absolute Gasteiger partial charge is 0.475 e. The minimum Gasteiger partial charge on any atom is -0.475 e. The predicted octanol–water partition coefficient (Wildman–Crippen LogP) is 1.74. The van der Waals surface area contributed by atoms with Gasteiger partial charge in [0, 0.05) is 6.04 Å². The van der Waals surface area contributed by atoms with Crippen LogP contribution in [0.4, 0.5) is 0 Å². The van der Waals surface area contributed by atoms with E-state index >= 15 is 0 Å². The Labute approximate surface area is 79.4 Å². The molecular formula is C8H9NO3S. The van der Waals surface area contributed by atoms with Crippen LogP contribution in [0.3, 0.4) is 0 Å². The molecule has 0 spiro atoms. The van der Waals surface area contributed by atoms with Gasteiger partial charge in [-0.25, -0.2) is 4.79 Å². The van der Waals surface area contributed by atoms with Crippen LogP contribution in [0, 0.1) is 0 Å². The van der Waals surface area contributed by atoms with Gasteiger partial charge in [-0.05, 0) is 36.9 Å². The van der Waals surface area contributed by atoms with Gasteiger partial charge >= 0.3 is 5.97 Å². The molecule has 1 aromatic rings. The molecule has 1 aliphatic rings. The Morgan fingerprint density at radius 1 is 1.62 bits per heavy atom. The first-order chi connectivity index (χ1) is 6.25. The van der Waals surface area contributed by atoms with E-state index in [1.807, 2.05) is 0 Å². The van der Waals surface area contributed by atoms with Crippen molar-refractivity contribution in [2.75, 3.05) is 0 Å². The highest BCUT2D eigenvalue weighted by atomic mass is 32.2. The first kappa shape index (κ1) is 8.65. The Morgan fingerprint density at radius 3 is 2.92 bits per heavy atom. The van der Waals surface area contributed by atoms with Gasteiger partial charge in [0.05, 0.1) is 0 Å². The van der Waals surface area contributed by atoms with Crippen LogP contribution in [-0.4, -0.2) is 17.1 Å². The van der Waals surface area contributed by atoms with E-state index in [2.05, 4.69) is 4.72 Å². The van der Waals surface area contributed by atoms with Crippen molar-refractivity contribution < 1.29 is 14.3 Å². The normalized spacial score (nSPS) is 16.0. The molecule has 0 unspecified atom stereocenters. The smallest absolute Gasteiger partial charge is 0.371 e. The van der Waals surface area contributed by atoms with Crippen molar-refractivity contribution in [3.63, 3.8) is 0 Å². The lowest BCUT2D eigenvalue weighted by molar-refractivity contribution is 0.0656. The van der Waals surface area contributed by atoms with Crippen LogP contribution in [-0.2, 0) is 0 Å². The lowest BCUT2D eigenvalue weighted by Gasteiger charge is -1.95. The number of aromatic carboxylic acids is 1. The monoisotopic (exact) mass is 199 g/mol. The van der Waals surface area contributed by atoms with Crippen molar-refractivity contribution in [3.8, 4) is 0 Å². The molecule has 0 atom stereocenters. The van der Waals surface area contributed by atoms with Crippen molar-refractivity contribution in [1.29, 1.82) is 0 Å². The minimum absolute atomic E-state index is 0.0138. The van der Waals surface area contributed by atoms with Gasteiger partial charge in [0.25, 0.3) is 0 Å². The molecule has 0 aromatic carbocycles. The van der Waals surface area contributed by atoms with Crippen LogP contribution < -0.4 is 4.72 Å². The van der Waals surface area contributed by atoms with Crippen molar-refractivity contribution in [3.05, 3.63) is 17.9 Å². The minimum atomic E-state index is -1.03. The second kappa shape index (κ2) is 3.43. The molecule has 1 aliphatic carbocycles. The first-order valence-electron chi connectivity index (χ1n) is 4.01. The second-order valence-electron chi connectivity index (χ2n) is 2.92. The molecule has 0 saturated heterocycles. The summed E-state index contributed by atoms with van der Waals surface area (Å²) in [5, 5.41) is 9.17. The molecule has 1 fully saturated rings. The summed E-state index contributed by atoms with van der Waals surface area (Å²) < 4.78 is 8.18. The van der Waals surface area contributed by atoms with Crippen molar-refractivity contribution in [2.45, 2.75) is 24.0 Å². The van der Waals surface area contributed by atoms with E-state index in [4.69, 9.17) is 9.52 Å². The summed E-state index contributed by atoms with van der Waals surface area (Å²) in [7, 11) is 0. The standard InChI is InChI=1S/C8H9NO3S/c10-8(11)6-3-4-7(12-6)13-9-5-1-2-5/h3-5,9H,1-2H2,(H,10,11). The third-order valence-corrected chi connectivity index (χ3v) is 2.57. The van der Waals surface area contributed by atoms with Gasteiger partial charge in [0.2, 0.25) is 5.76 Å². The van der Waals surface area contributed by atoms with Crippen LogP contribution >= 0.6 is 11.9 Å². The third kappa shape index (κ3) is 2.26. The molecule has 0 radical (unpaired) electrons. The van der Waals surface area contributed by atoms with Gasteiger partial charge in [-0.1, -0.05) is 0 Å². The number of carboxylic acid groups (broad SMARTS) is 1.